The zero-order chi connectivity index (χ0) is 17.5. The number of benzene rings is 2. The smallest absolute Gasteiger partial charge is 0.244 e. The molecule has 0 aliphatic heterocycles. The van der Waals surface area contributed by atoms with Gasteiger partial charge in [-0.15, -0.1) is 0 Å². The first kappa shape index (κ1) is 17.0. The van der Waals surface area contributed by atoms with E-state index in [1.165, 1.54) is 17.2 Å². The van der Waals surface area contributed by atoms with E-state index in [2.05, 4.69) is 22.8 Å². The van der Waals surface area contributed by atoms with Gasteiger partial charge < -0.3 is 10.6 Å². The van der Waals surface area contributed by atoms with Crippen LogP contribution in [-0.2, 0) is 16.0 Å². The van der Waals surface area contributed by atoms with Crippen molar-refractivity contribution in [1.82, 2.24) is 10.6 Å². The molecule has 1 aliphatic rings. The van der Waals surface area contributed by atoms with Crippen molar-refractivity contribution in [3.8, 4) is 0 Å². The molecule has 2 N–H and O–H groups in total. The first-order valence-corrected chi connectivity index (χ1v) is 8.60. The number of aryl methyl sites for hydroxylation is 1. The average Bonchev–Trinajstić information content (AvgIpc) is 3.04. The average molecular weight is 334 g/mol. The summed E-state index contributed by atoms with van der Waals surface area (Å²) in [5.74, 6) is -0.225. The van der Waals surface area contributed by atoms with Gasteiger partial charge in [-0.3, -0.25) is 9.59 Å². The van der Waals surface area contributed by atoms with Crippen LogP contribution < -0.4 is 10.6 Å². The summed E-state index contributed by atoms with van der Waals surface area (Å²) >= 11 is 0. The molecule has 25 heavy (non-hydrogen) atoms. The van der Waals surface area contributed by atoms with E-state index >= 15 is 0 Å². The fourth-order valence-electron chi connectivity index (χ4n) is 3.07. The van der Waals surface area contributed by atoms with Crippen LogP contribution in [0.15, 0.2) is 60.7 Å². The maximum atomic E-state index is 12.1. The minimum atomic E-state index is -0.192. The lowest BCUT2D eigenvalue weighted by Gasteiger charge is -2.14. The quantitative estimate of drug-likeness (QED) is 0.798. The van der Waals surface area contributed by atoms with Crippen molar-refractivity contribution >= 4 is 17.9 Å². The summed E-state index contributed by atoms with van der Waals surface area (Å²) in [6.07, 6.45) is 5.47. The molecule has 4 nitrogen and oxygen atoms in total. The van der Waals surface area contributed by atoms with Gasteiger partial charge in [-0.2, -0.15) is 0 Å². The Labute approximate surface area is 148 Å². The summed E-state index contributed by atoms with van der Waals surface area (Å²) in [5, 5.41) is 5.80. The Morgan fingerprint density at radius 2 is 1.80 bits per heavy atom. The topological polar surface area (TPSA) is 58.2 Å². The minimum Gasteiger partial charge on any atom is -0.352 e. The van der Waals surface area contributed by atoms with Crippen molar-refractivity contribution in [2.24, 2.45) is 0 Å². The van der Waals surface area contributed by atoms with Crippen LogP contribution in [0.25, 0.3) is 6.08 Å². The number of amides is 2. The highest BCUT2D eigenvalue weighted by molar-refractivity contribution is 5.92. The molecule has 0 aromatic heterocycles. The molecular formula is C21H22N2O2. The van der Waals surface area contributed by atoms with E-state index in [0.717, 1.165) is 18.4 Å². The number of carbonyl (C=O) groups is 2. The second-order valence-corrected chi connectivity index (χ2v) is 6.14. The molecule has 3 rings (SSSR count). The number of fused-ring (bicyclic) bond motifs is 1. The third kappa shape index (κ3) is 4.80. The number of carbonyl (C=O) groups excluding carboxylic acids is 2. The van der Waals surface area contributed by atoms with E-state index in [9.17, 15) is 9.59 Å². The highest BCUT2D eigenvalue weighted by Crippen LogP contribution is 2.30. The van der Waals surface area contributed by atoms with E-state index in [-0.39, 0.29) is 24.3 Å². The lowest BCUT2D eigenvalue weighted by atomic mass is 10.1. The van der Waals surface area contributed by atoms with Gasteiger partial charge >= 0.3 is 0 Å². The second-order valence-electron chi connectivity index (χ2n) is 6.14. The van der Waals surface area contributed by atoms with Gasteiger partial charge in [0, 0.05) is 19.0 Å². The lowest BCUT2D eigenvalue weighted by Crippen LogP contribution is -2.31. The van der Waals surface area contributed by atoms with Crippen molar-refractivity contribution < 1.29 is 9.59 Å². The highest BCUT2D eigenvalue weighted by Gasteiger charge is 2.22. The molecule has 1 atom stereocenters. The first-order chi connectivity index (χ1) is 12.2. The molecule has 1 unspecified atom stereocenters. The monoisotopic (exact) mass is 334 g/mol. The maximum absolute atomic E-state index is 12.1. The van der Waals surface area contributed by atoms with E-state index in [1.807, 2.05) is 42.5 Å². The van der Waals surface area contributed by atoms with Gasteiger partial charge in [0.2, 0.25) is 11.8 Å². The van der Waals surface area contributed by atoms with Crippen molar-refractivity contribution in [2.75, 3.05) is 6.54 Å². The SMILES string of the molecule is O=C(/C=C/c1ccccc1)NCCC(=O)NC1CCc2ccccc21. The van der Waals surface area contributed by atoms with Gasteiger partial charge in [0.1, 0.15) is 0 Å². The second kappa shape index (κ2) is 8.29. The van der Waals surface area contributed by atoms with Crippen LogP contribution in [0.4, 0.5) is 0 Å². The number of hydrogen-bond donors (Lipinski definition) is 2. The van der Waals surface area contributed by atoms with Gasteiger partial charge in [-0.25, -0.2) is 0 Å². The summed E-state index contributed by atoms with van der Waals surface area (Å²) in [6, 6.07) is 17.9. The standard InChI is InChI=1S/C21H22N2O2/c24-20(13-10-16-6-2-1-3-7-16)22-15-14-21(25)23-19-12-11-17-8-4-5-9-18(17)19/h1-10,13,19H,11-12,14-15H2,(H,22,24)(H,23,25)/b13-10+. The molecule has 0 fully saturated rings. The molecule has 2 amide bonds. The molecule has 0 radical (unpaired) electrons. The van der Waals surface area contributed by atoms with E-state index < -0.39 is 0 Å². The molecule has 0 saturated carbocycles. The van der Waals surface area contributed by atoms with Crippen LogP contribution in [-0.4, -0.2) is 18.4 Å². The summed E-state index contributed by atoms with van der Waals surface area (Å²) in [5.41, 5.74) is 3.49. The molecule has 0 saturated heterocycles. The van der Waals surface area contributed by atoms with Crippen LogP contribution in [0.2, 0.25) is 0 Å². The zero-order valence-corrected chi connectivity index (χ0v) is 14.1. The molecule has 128 valence electrons. The van der Waals surface area contributed by atoms with Crippen LogP contribution in [0.1, 0.15) is 35.6 Å². The fraction of sp³-hybridized carbons (Fsp3) is 0.238. The molecule has 1 aliphatic carbocycles. The van der Waals surface area contributed by atoms with Crippen molar-refractivity contribution in [1.29, 1.82) is 0 Å². The predicted molar refractivity (Wildman–Crippen MR) is 98.7 cm³/mol. The van der Waals surface area contributed by atoms with Crippen LogP contribution in [0, 0.1) is 0 Å². The molecule has 0 bridgehead atoms. The van der Waals surface area contributed by atoms with Crippen LogP contribution in [0.5, 0.6) is 0 Å². The third-order valence-corrected chi connectivity index (χ3v) is 4.35. The normalized spacial score (nSPS) is 15.8. The van der Waals surface area contributed by atoms with E-state index in [1.54, 1.807) is 6.08 Å². The maximum Gasteiger partial charge on any atom is 0.244 e. The fourth-order valence-corrected chi connectivity index (χ4v) is 3.07. The molecule has 4 heteroatoms. The molecule has 0 spiro atoms. The van der Waals surface area contributed by atoms with Gasteiger partial charge in [-0.1, -0.05) is 54.6 Å². The predicted octanol–water partition coefficient (Wildman–Crippen LogP) is 3.01. The molecule has 2 aromatic carbocycles. The van der Waals surface area contributed by atoms with E-state index in [4.69, 9.17) is 0 Å². The Bertz CT molecular complexity index is 768. The lowest BCUT2D eigenvalue weighted by molar-refractivity contribution is -0.122. The van der Waals surface area contributed by atoms with Gasteiger partial charge in [0.15, 0.2) is 0 Å². The van der Waals surface area contributed by atoms with Crippen LogP contribution >= 0.6 is 0 Å². The Balaban J connectivity index is 1.40. The number of nitrogens with one attached hydrogen (secondary N) is 2. The summed E-state index contributed by atoms with van der Waals surface area (Å²) in [6.45, 7) is 0.332. The molecule has 0 heterocycles. The summed E-state index contributed by atoms with van der Waals surface area (Å²) < 4.78 is 0. The molecular weight excluding hydrogens is 312 g/mol. The third-order valence-electron chi connectivity index (χ3n) is 4.35. The Morgan fingerprint density at radius 3 is 2.64 bits per heavy atom. The largest absolute Gasteiger partial charge is 0.352 e. The van der Waals surface area contributed by atoms with Crippen molar-refractivity contribution in [2.45, 2.75) is 25.3 Å². The Morgan fingerprint density at radius 1 is 1.04 bits per heavy atom. The van der Waals surface area contributed by atoms with Crippen molar-refractivity contribution in [3.63, 3.8) is 0 Å². The minimum absolute atomic E-state index is 0.0333. The number of rotatable bonds is 6. The van der Waals surface area contributed by atoms with Gasteiger partial charge in [0.25, 0.3) is 0 Å². The summed E-state index contributed by atoms with van der Waals surface area (Å²) in [4.78, 5) is 23.9. The van der Waals surface area contributed by atoms with Gasteiger partial charge in [0.05, 0.1) is 6.04 Å². The highest BCUT2D eigenvalue weighted by atomic mass is 16.2. The van der Waals surface area contributed by atoms with Crippen LogP contribution in [0.3, 0.4) is 0 Å². The summed E-state index contributed by atoms with van der Waals surface area (Å²) in [7, 11) is 0. The Kier molecular flexibility index (Phi) is 5.62. The Hall–Kier alpha value is -2.88. The van der Waals surface area contributed by atoms with E-state index in [0.29, 0.717) is 6.54 Å². The first-order valence-electron chi connectivity index (χ1n) is 8.60. The molecule has 2 aromatic rings. The van der Waals surface area contributed by atoms with Crippen molar-refractivity contribution in [3.05, 3.63) is 77.4 Å². The number of hydrogen-bond acceptors (Lipinski definition) is 2. The zero-order valence-electron chi connectivity index (χ0n) is 14.1. The van der Waals surface area contributed by atoms with Gasteiger partial charge in [-0.05, 0) is 35.6 Å².